The van der Waals surface area contributed by atoms with Crippen LogP contribution in [0.25, 0.3) is 11.3 Å². The Morgan fingerprint density at radius 3 is 2.33 bits per heavy atom. The van der Waals surface area contributed by atoms with Crippen molar-refractivity contribution in [2.75, 3.05) is 5.75 Å². The number of halogens is 7. The Hall–Kier alpha value is -1.03. The summed E-state index contributed by atoms with van der Waals surface area (Å²) in [5, 5.41) is -0.402. The van der Waals surface area contributed by atoms with Gasteiger partial charge in [0.2, 0.25) is 11.5 Å². The van der Waals surface area contributed by atoms with Gasteiger partial charge in [-0.2, -0.15) is 22.0 Å². The Morgan fingerprint density at radius 1 is 1.21 bits per heavy atom. The minimum atomic E-state index is -4.63. The number of rotatable bonds is 4. The number of nitrogens with zero attached hydrogens (tertiary/aromatic N) is 1. The first-order valence-electron chi connectivity index (χ1n) is 6.18. The van der Waals surface area contributed by atoms with Crippen LogP contribution in [0.3, 0.4) is 0 Å². The van der Waals surface area contributed by atoms with Crippen molar-refractivity contribution in [3.63, 3.8) is 0 Å². The molecule has 2 rings (SSSR count). The Bertz CT molecular complexity index is 745. The van der Waals surface area contributed by atoms with Crippen molar-refractivity contribution in [2.24, 2.45) is 0 Å². The van der Waals surface area contributed by atoms with Gasteiger partial charge in [-0.25, -0.2) is 0 Å². The van der Waals surface area contributed by atoms with Crippen LogP contribution >= 0.6 is 23.2 Å². The number of alkyl halides is 6. The predicted octanol–water partition coefficient (Wildman–Crippen LogP) is 5.26. The average Bonchev–Trinajstić information content (AvgIpc) is 2.85. The fourth-order valence-corrected chi connectivity index (χ4v) is 3.38. The molecule has 0 bridgehead atoms. The van der Waals surface area contributed by atoms with E-state index in [-0.39, 0.29) is 26.7 Å². The van der Waals surface area contributed by atoms with Crippen LogP contribution in [0.5, 0.6) is 0 Å². The van der Waals surface area contributed by atoms with Gasteiger partial charge in [0, 0.05) is 23.3 Å². The summed E-state index contributed by atoms with van der Waals surface area (Å²) in [7, 11) is 0. The summed E-state index contributed by atoms with van der Waals surface area (Å²) in [5.74, 6) is -2.49. The van der Waals surface area contributed by atoms with Crippen LogP contribution in [-0.4, -0.2) is 21.6 Å². The maximum atomic E-state index is 13.0. The van der Waals surface area contributed by atoms with Gasteiger partial charge >= 0.3 is 11.6 Å². The minimum Gasteiger partial charge on any atom is -0.611 e. The van der Waals surface area contributed by atoms with Crippen LogP contribution in [0.15, 0.2) is 27.6 Å². The monoisotopic (exact) mass is 407 g/mol. The van der Waals surface area contributed by atoms with E-state index in [1.807, 2.05) is 0 Å². The summed E-state index contributed by atoms with van der Waals surface area (Å²) in [6.07, 6.45) is -4.63. The molecule has 24 heavy (non-hydrogen) atoms. The highest BCUT2D eigenvalue weighted by Crippen LogP contribution is 2.38. The van der Waals surface area contributed by atoms with E-state index in [4.69, 9.17) is 23.2 Å². The van der Waals surface area contributed by atoms with Crippen molar-refractivity contribution in [1.82, 2.24) is 5.16 Å². The summed E-state index contributed by atoms with van der Waals surface area (Å²) in [6, 6.07) is 3.18. The van der Waals surface area contributed by atoms with E-state index in [0.29, 0.717) is 0 Å². The number of benzene rings is 1. The van der Waals surface area contributed by atoms with Crippen molar-refractivity contribution >= 4 is 34.4 Å². The van der Waals surface area contributed by atoms with Gasteiger partial charge < -0.3 is 9.08 Å². The smallest absolute Gasteiger partial charge is 0.433 e. The predicted molar refractivity (Wildman–Crippen MR) is 78.8 cm³/mol. The third-order valence-electron chi connectivity index (χ3n) is 2.87. The molecule has 0 saturated heterocycles. The molecule has 0 aliphatic rings. The van der Waals surface area contributed by atoms with Crippen LogP contribution in [-0.2, 0) is 16.6 Å². The Morgan fingerprint density at radius 2 is 1.83 bits per heavy atom. The van der Waals surface area contributed by atoms with Crippen LogP contribution < -0.4 is 0 Å². The molecule has 11 heteroatoms. The lowest BCUT2D eigenvalue weighted by Gasteiger charge is -2.15. The van der Waals surface area contributed by atoms with Crippen LogP contribution in [0.1, 0.15) is 11.3 Å². The van der Waals surface area contributed by atoms with Crippen LogP contribution in [0.4, 0.5) is 22.0 Å². The summed E-state index contributed by atoms with van der Waals surface area (Å²) >= 11 is 8.40. The fourth-order valence-electron chi connectivity index (χ4n) is 1.86. The second kappa shape index (κ2) is 6.70. The van der Waals surface area contributed by atoms with Gasteiger partial charge in [-0.05, 0) is 35.8 Å². The molecule has 1 heterocycles. The van der Waals surface area contributed by atoms with Gasteiger partial charge in [0.15, 0.2) is 4.90 Å². The normalized spacial score (nSPS) is 14.0. The minimum absolute atomic E-state index is 0.00343. The zero-order valence-corrected chi connectivity index (χ0v) is 14.1. The molecule has 0 aliphatic carbocycles. The van der Waals surface area contributed by atoms with E-state index in [2.05, 4.69) is 9.68 Å². The van der Waals surface area contributed by atoms with Gasteiger partial charge in [0.1, 0.15) is 5.69 Å². The third-order valence-corrected chi connectivity index (χ3v) is 4.89. The molecule has 0 radical (unpaired) electrons. The molecule has 0 saturated carbocycles. The zero-order chi connectivity index (χ0) is 18.3. The van der Waals surface area contributed by atoms with Gasteiger partial charge in [-0.1, -0.05) is 16.8 Å². The third kappa shape index (κ3) is 4.53. The van der Waals surface area contributed by atoms with E-state index in [0.717, 1.165) is 12.1 Å². The number of hydrogen-bond donors (Lipinski definition) is 0. The van der Waals surface area contributed by atoms with E-state index in [9.17, 15) is 26.5 Å². The standard InChI is InChI=1S/C13H8Cl2F5NO2S/c1-6-2-8(14)7(3-10(6)24(22)5-12(16,17)18)9-4-11(23-21-9)13(15,19)20/h2-4H,5H2,1H3. The fraction of sp³-hybridized carbons (Fsp3) is 0.308. The molecule has 0 N–H and O–H groups in total. The molecule has 1 aromatic heterocycles. The van der Waals surface area contributed by atoms with Gasteiger partial charge in [0.05, 0.1) is 5.02 Å². The van der Waals surface area contributed by atoms with Crippen LogP contribution in [0, 0.1) is 6.92 Å². The summed E-state index contributed by atoms with van der Waals surface area (Å²) in [4.78, 5) is -0.131. The van der Waals surface area contributed by atoms with E-state index in [1.165, 1.54) is 13.0 Å². The Balaban J connectivity index is 2.45. The first kappa shape index (κ1) is 19.3. The summed E-state index contributed by atoms with van der Waals surface area (Å²) < 4.78 is 79.5. The molecule has 0 aliphatic heterocycles. The van der Waals surface area contributed by atoms with Crippen molar-refractivity contribution in [3.8, 4) is 11.3 Å². The highest BCUT2D eigenvalue weighted by atomic mass is 35.5. The number of aromatic nitrogens is 1. The highest BCUT2D eigenvalue weighted by Gasteiger charge is 2.37. The second-order valence-electron chi connectivity index (χ2n) is 4.78. The molecule has 3 nitrogen and oxygen atoms in total. The molecule has 0 fully saturated rings. The first-order valence-corrected chi connectivity index (χ1v) is 8.25. The largest absolute Gasteiger partial charge is 0.611 e. The maximum Gasteiger partial charge on any atom is 0.433 e. The molecule has 132 valence electrons. The van der Waals surface area contributed by atoms with Crippen molar-refractivity contribution < 1.29 is 31.0 Å². The summed E-state index contributed by atoms with van der Waals surface area (Å²) in [5.41, 5.74) is 0.0991. The summed E-state index contributed by atoms with van der Waals surface area (Å²) in [6.45, 7) is 1.43. The number of aryl methyl sites for hydroxylation is 1. The molecule has 0 amide bonds. The van der Waals surface area contributed by atoms with Gasteiger partial charge in [-0.3, -0.25) is 0 Å². The van der Waals surface area contributed by atoms with Crippen molar-refractivity contribution in [3.05, 3.63) is 34.5 Å². The molecule has 1 unspecified atom stereocenters. The number of hydrogen-bond acceptors (Lipinski definition) is 3. The molecular formula is C13H8Cl2F5NO2S. The quantitative estimate of drug-likeness (QED) is 0.394. The highest BCUT2D eigenvalue weighted by molar-refractivity contribution is 7.91. The second-order valence-corrected chi connectivity index (χ2v) is 7.08. The van der Waals surface area contributed by atoms with Crippen molar-refractivity contribution in [1.29, 1.82) is 0 Å². The topological polar surface area (TPSA) is 49.1 Å². The molecule has 0 spiro atoms. The van der Waals surface area contributed by atoms with Crippen molar-refractivity contribution in [2.45, 2.75) is 23.4 Å². The SMILES string of the molecule is Cc1cc(Cl)c(-c2cc(C(F)(F)Cl)on2)cc1[S+]([O-])CC(F)(F)F. The van der Waals surface area contributed by atoms with E-state index in [1.54, 1.807) is 0 Å². The lowest BCUT2D eigenvalue weighted by molar-refractivity contribution is -0.106. The average molecular weight is 408 g/mol. The molecular weight excluding hydrogens is 400 g/mol. The Kier molecular flexibility index (Phi) is 5.39. The van der Waals surface area contributed by atoms with Gasteiger partial charge in [-0.15, -0.1) is 0 Å². The maximum absolute atomic E-state index is 13.0. The first-order chi connectivity index (χ1) is 10.9. The van der Waals surface area contributed by atoms with Crippen LogP contribution in [0.2, 0.25) is 5.02 Å². The lowest BCUT2D eigenvalue weighted by atomic mass is 10.1. The zero-order valence-electron chi connectivity index (χ0n) is 11.8. The Labute approximate surface area is 145 Å². The van der Waals surface area contributed by atoms with Gasteiger partial charge in [0.25, 0.3) is 0 Å². The van der Waals surface area contributed by atoms with E-state index < -0.39 is 34.2 Å². The molecule has 2 aromatic rings. The lowest BCUT2D eigenvalue weighted by Crippen LogP contribution is -2.23. The molecule has 1 aromatic carbocycles. The van der Waals surface area contributed by atoms with E-state index >= 15 is 0 Å². The molecule has 1 atom stereocenters.